The van der Waals surface area contributed by atoms with E-state index in [1.165, 1.54) is 41.2 Å². The van der Waals surface area contributed by atoms with Crippen molar-refractivity contribution >= 4 is 17.4 Å². The third kappa shape index (κ3) is 6.86. The van der Waals surface area contributed by atoms with Gasteiger partial charge in [-0.1, -0.05) is 18.2 Å². The minimum atomic E-state index is 0.00529. The maximum Gasteiger partial charge on any atom is 0.217 e. The first-order chi connectivity index (χ1) is 16.4. The van der Waals surface area contributed by atoms with E-state index in [0.717, 1.165) is 43.7 Å². The highest BCUT2D eigenvalue weighted by Crippen LogP contribution is 2.37. The first kappa shape index (κ1) is 25.3. The second kappa shape index (κ2) is 12.3. The lowest BCUT2D eigenvalue weighted by molar-refractivity contribution is -0.119. The number of nitrogens with one attached hydrogen (secondary N) is 2. The van der Waals surface area contributed by atoms with E-state index in [0.29, 0.717) is 12.5 Å². The zero-order valence-electron chi connectivity index (χ0n) is 20.7. The predicted molar refractivity (Wildman–Crippen MR) is 135 cm³/mol. The van der Waals surface area contributed by atoms with E-state index in [-0.39, 0.29) is 11.8 Å². The lowest BCUT2D eigenvalue weighted by Gasteiger charge is -2.12. The molecule has 0 unspecified atom stereocenters. The Morgan fingerprint density at radius 3 is 2.26 bits per heavy atom. The Morgan fingerprint density at radius 1 is 0.912 bits per heavy atom. The van der Waals surface area contributed by atoms with Gasteiger partial charge in [0.1, 0.15) is 11.5 Å². The van der Waals surface area contributed by atoms with Crippen LogP contribution in [0.2, 0.25) is 0 Å². The number of carbonyl (C=O) groups is 2. The molecule has 2 aliphatic rings. The molecule has 0 spiro atoms. The maximum absolute atomic E-state index is 10.8. The molecule has 2 aromatic rings. The van der Waals surface area contributed by atoms with Crippen molar-refractivity contribution in [1.29, 1.82) is 0 Å². The summed E-state index contributed by atoms with van der Waals surface area (Å²) in [5, 5.41) is 5.65. The Kier molecular flexibility index (Phi) is 9.14. The maximum atomic E-state index is 10.8. The monoisotopic (exact) mass is 464 g/mol. The number of amides is 2. The smallest absolute Gasteiger partial charge is 0.217 e. The third-order valence-electron chi connectivity index (χ3n) is 6.45. The van der Waals surface area contributed by atoms with Gasteiger partial charge in [-0.25, -0.2) is 0 Å². The molecule has 6 heteroatoms. The van der Waals surface area contributed by atoms with Gasteiger partial charge in [-0.2, -0.15) is 0 Å². The average Bonchev–Trinajstić information content (AvgIpc) is 3.42. The number of benzene rings is 2. The lowest BCUT2D eigenvalue weighted by Crippen LogP contribution is -2.22. The molecular formula is C28H36N2O4. The topological polar surface area (TPSA) is 76.7 Å². The summed E-state index contributed by atoms with van der Waals surface area (Å²) in [6.45, 7) is 4.45. The molecule has 0 aromatic heterocycles. The van der Waals surface area contributed by atoms with Crippen molar-refractivity contribution in [2.45, 2.75) is 51.9 Å². The van der Waals surface area contributed by atoms with Crippen molar-refractivity contribution in [2.75, 3.05) is 27.3 Å². The van der Waals surface area contributed by atoms with Crippen LogP contribution in [0.25, 0.3) is 5.57 Å². The number of allylic oxidation sites excluding steroid dienone is 1. The molecule has 0 fully saturated rings. The van der Waals surface area contributed by atoms with Crippen LogP contribution in [0.5, 0.6) is 11.5 Å². The van der Waals surface area contributed by atoms with Crippen LogP contribution in [0.4, 0.5) is 0 Å². The molecular weight excluding hydrogens is 428 g/mol. The van der Waals surface area contributed by atoms with Crippen molar-refractivity contribution in [3.05, 3.63) is 64.7 Å². The predicted octanol–water partition coefficient (Wildman–Crippen LogP) is 4.41. The van der Waals surface area contributed by atoms with Crippen LogP contribution >= 0.6 is 0 Å². The van der Waals surface area contributed by atoms with E-state index in [2.05, 4.69) is 41.0 Å². The summed E-state index contributed by atoms with van der Waals surface area (Å²) in [4.78, 5) is 21.6. The molecule has 4 rings (SSSR count). The highest BCUT2D eigenvalue weighted by atomic mass is 16.5. The second-order valence-corrected chi connectivity index (χ2v) is 8.76. The molecule has 1 atom stereocenters. The van der Waals surface area contributed by atoms with Gasteiger partial charge in [0.25, 0.3) is 0 Å². The number of fused-ring (bicyclic) bond motifs is 2. The molecule has 0 heterocycles. The fourth-order valence-electron chi connectivity index (χ4n) is 4.65. The molecule has 0 saturated carbocycles. The lowest BCUT2D eigenvalue weighted by atomic mass is 9.97. The molecule has 2 amide bonds. The fourth-order valence-corrected chi connectivity index (χ4v) is 4.65. The minimum absolute atomic E-state index is 0.00529. The number of methoxy groups -OCH3 is 2. The van der Waals surface area contributed by atoms with E-state index in [1.807, 2.05) is 12.1 Å². The number of rotatable bonds is 7. The van der Waals surface area contributed by atoms with Crippen LogP contribution in [0.3, 0.4) is 0 Å². The van der Waals surface area contributed by atoms with Gasteiger partial charge in [-0.3, -0.25) is 9.59 Å². The van der Waals surface area contributed by atoms with Crippen molar-refractivity contribution in [2.24, 2.45) is 0 Å². The SMILES string of the molecule is COc1ccc2c(c1)/C(=C/CNC(C)=O)CC2.COc1ccc2c(c1)[C@@H](CCNC(C)=O)CC2. The number of ether oxygens (including phenoxy) is 2. The van der Waals surface area contributed by atoms with Gasteiger partial charge in [0.05, 0.1) is 14.2 Å². The summed E-state index contributed by atoms with van der Waals surface area (Å²) in [6.07, 6.45) is 7.55. The number of hydrogen-bond donors (Lipinski definition) is 2. The van der Waals surface area contributed by atoms with Crippen LogP contribution in [0, 0.1) is 0 Å². The Balaban J connectivity index is 0.000000191. The van der Waals surface area contributed by atoms with Gasteiger partial charge in [0, 0.05) is 26.9 Å². The summed E-state index contributed by atoms with van der Waals surface area (Å²) in [6, 6.07) is 12.5. The van der Waals surface area contributed by atoms with Crippen molar-refractivity contribution in [3.63, 3.8) is 0 Å². The first-order valence-corrected chi connectivity index (χ1v) is 11.9. The second-order valence-electron chi connectivity index (χ2n) is 8.76. The zero-order chi connectivity index (χ0) is 24.5. The van der Waals surface area contributed by atoms with Gasteiger partial charge in [0.2, 0.25) is 11.8 Å². The highest BCUT2D eigenvalue weighted by Gasteiger charge is 2.22. The van der Waals surface area contributed by atoms with Crippen molar-refractivity contribution in [1.82, 2.24) is 10.6 Å². The van der Waals surface area contributed by atoms with Crippen molar-refractivity contribution < 1.29 is 19.1 Å². The Morgan fingerprint density at radius 2 is 1.59 bits per heavy atom. The van der Waals surface area contributed by atoms with Crippen LogP contribution < -0.4 is 20.1 Å². The van der Waals surface area contributed by atoms with Gasteiger partial charge >= 0.3 is 0 Å². The fraction of sp³-hybridized carbons (Fsp3) is 0.429. The van der Waals surface area contributed by atoms with Crippen LogP contribution in [0.15, 0.2) is 42.5 Å². The van der Waals surface area contributed by atoms with Gasteiger partial charge < -0.3 is 20.1 Å². The summed E-state index contributed by atoms with van der Waals surface area (Å²) in [5.74, 6) is 2.43. The first-order valence-electron chi connectivity index (χ1n) is 11.9. The van der Waals surface area contributed by atoms with Crippen LogP contribution in [0.1, 0.15) is 61.3 Å². The molecule has 2 aliphatic carbocycles. The number of hydrogen-bond acceptors (Lipinski definition) is 4. The number of aryl methyl sites for hydroxylation is 2. The van der Waals surface area contributed by atoms with Gasteiger partial charge in [-0.15, -0.1) is 0 Å². The summed E-state index contributed by atoms with van der Waals surface area (Å²) < 4.78 is 10.5. The van der Waals surface area contributed by atoms with E-state index in [9.17, 15) is 9.59 Å². The molecule has 2 aromatic carbocycles. The Labute approximate surface area is 202 Å². The molecule has 0 radical (unpaired) electrons. The quantitative estimate of drug-likeness (QED) is 0.636. The van der Waals surface area contributed by atoms with E-state index >= 15 is 0 Å². The normalized spacial score (nSPS) is 16.7. The van der Waals surface area contributed by atoms with E-state index in [4.69, 9.17) is 9.47 Å². The highest BCUT2D eigenvalue weighted by molar-refractivity contribution is 5.76. The average molecular weight is 465 g/mol. The third-order valence-corrected chi connectivity index (χ3v) is 6.45. The summed E-state index contributed by atoms with van der Waals surface area (Å²) in [5.41, 5.74) is 6.75. The molecule has 0 bridgehead atoms. The molecule has 34 heavy (non-hydrogen) atoms. The molecule has 2 N–H and O–H groups in total. The van der Waals surface area contributed by atoms with Crippen LogP contribution in [-0.4, -0.2) is 39.1 Å². The van der Waals surface area contributed by atoms with Crippen molar-refractivity contribution in [3.8, 4) is 11.5 Å². The molecule has 0 saturated heterocycles. The van der Waals surface area contributed by atoms with Gasteiger partial charge in [-0.05, 0) is 90.1 Å². The summed E-state index contributed by atoms with van der Waals surface area (Å²) >= 11 is 0. The zero-order valence-corrected chi connectivity index (χ0v) is 20.7. The standard InChI is InChI=1S/C14H19NO2.C14H17NO2/c2*1-10(16)15-8-7-12-4-3-11-5-6-13(17-2)9-14(11)12/h5-6,9,12H,3-4,7-8H2,1-2H3,(H,15,16);5-7,9H,3-4,8H2,1-2H3,(H,15,16)/b;12-7+/t12-;/m1./s1. The van der Waals surface area contributed by atoms with Crippen LogP contribution in [-0.2, 0) is 22.4 Å². The largest absolute Gasteiger partial charge is 0.497 e. The number of carbonyl (C=O) groups excluding carboxylic acids is 2. The molecule has 0 aliphatic heterocycles. The summed E-state index contributed by atoms with van der Waals surface area (Å²) in [7, 11) is 3.38. The molecule has 6 nitrogen and oxygen atoms in total. The minimum Gasteiger partial charge on any atom is -0.497 e. The van der Waals surface area contributed by atoms with Gasteiger partial charge in [0.15, 0.2) is 0 Å². The Hall–Kier alpha value is -3.28. The van der Waals surface area contributed by atoms with E-state index < -0.39 is 0 Å². The Bertz CT molecular complexity index is 1040. The molecule has 182 valence electrons. The van der Waals surface area contributed by atoms with E-state index in [1.54, 1.807) is 21.1 Å².